The van der Waals surface area contributed by atoms with Gasteiger partial charge in [0.1, 0.15) is 0 Å². The Hall–Kier alpha value is -1.56. The lowest BCUT2D eigenvalue weighted by Gasteiger charge is -2.37. The van der Waals surface area contributed by atoms with Crippen molar-refractivity contribution in [1.29, 1.82) is 0 Å². The molecule has 0 heterocycles. The summed E-state index contributed by atoms with van der Waals surface area (Å²) in [5.41, 5.74) is 0. The molecule has 0 aromatic carbocycles. The minimum atomic E-state index is -7.42. The van der Waals surface area contributed by atoms with Crippen molar-refractivity contribution in [1.82, 2.24) is 0 Å². The molecular weight excluding hydrogens is 373 g/mol. The van der Waals surface area contributed by atoms with E-state index in [4.69, 9.17) is 0 Å². The van der Waals surface area contributed by atoms with Gasteiger partial charge < -0.3 is 4.74 Å². The Labute approximate surface area is 127 Å². The number of ether oxygens (including phenoxy) is 1. The second-order valence-corrected chi connectivity index (χ2v) is 4.40. The predicted molar refractivity (Wildman–Crippen MR) is 56.2 cm³/mol. The van der Waals surface area contributed by atoms with Crippen LogP contribution in [0.2, 0.25) is 0 Å². The van der Waals surface area contributed by atoms with Crippen molar-refractivity contribution in [2.45, 2.75) is 42.7 Å². The van der Waals surface area contributed by atoms with Crippen LogP contribution in [0.3, 0.4) is 0 Å². The minimum Gasteiger partial charge on any atom is -0.463 e. The number of rotatable bonds is 8. The highest BCUT2D eigenvalue weighted by Gasteiger charge is 2.86. The van der Waals surface area contributed by atoms with Gasteiger partial charge in [-0.3, -0.25) is 0 Å². The zero-order valence-electron chi connectivity index (χ0n) is 11.4. The quantitative estimate of drug-likeness (QED) is 0.266. The smallest absolute Gasteiger partial charge is 0.460 e. The van der Waals surface area contributed by atoms with Crippen molar-refractivity contribution in [3.05, 3.63) is 12.7 Å². The number of carbonyl (C=O) groups excluding carboxylic acids is 1. The number of carbonyl (C=O) groups is 1. The van der Waals surface area contributed by atoms with E-state index in [1.807, 2.05) is 0 Å². The van der Waals surface area contributed by atoms with Crippen LogP contribution < -0.4 is 0 Å². The van der Waals surface area contributed by atoms with Crippen LogP contribution in [0, 0.1) is 0 Å². The Bertz CT molecular complexity index is 467. The minimum absolute atomic E-state index is 0.546. The van der Waals surface area contributed by atoms with Crippen molar-refractivity contribution in [3.63, 3.8) is 0 Å². The second kappa shape index (κ2) is 6.75. The first kappa shape index (κ1) is 22.4. The van der Waals surface area contributed by atoms with Gasteiger partial charge >= 0.3 is 35.8 Å². The molecule has 0 aliphatic rings. The lowest BCUT2D eigenvalue weighted by molar-refractivity contribution is -0.422. The second-order valence-electron chi connectivity index (χ2n) is 4.40. The standard InChI is InChI=1S/C11H9F11O2/c1-2-6(23)24-5-3-4-7(12,13)8(14,15)9(16,17)10(18,19)11(20,21)22/h2H,1,3-5H2. The molecule has 0 aromatic rings. The fourth-order valence-corrected chi connectivity index (χ4v) is 1.29. The Morgan fingerprint density at radius 1 is 0.833 bits per heavy atom. The maximum absolute atomic E-state index is 13.1. The first-order chi connectivity index (χ1) is 10.5. The molecule has 0 aromatic heterocycles. The molecule has 0 bridgehead atoms. The Kier molecular flexibility index (Phi) is 6.31. The highest BCUT2D eigenvalue weighted by molar-refractivity contribution is 5.81. The molecule has 0 spiro atoms. The molecule has 142 valence electrons. The molecule has 0 atom stereocenters. The monoisotopic (exact) mass is 382 g/mol. The summed E-state index contributed by atoms with van der Waals surface area (Å²) in [6, 6.07) is 0. The first-order valence-electron chi connectivity index (χ1n) is 5.83. The highest BCUT2D eigenvalue weighted by atomic mass is 19.4. The molecule has 0 radical (unpaired) electrons. The molecule has 0 aliphatic heterocycles. The largest absolute Gasteiger partial charge is 0.463 e. The lowest BCUT2D eigenvalue weighted by Crippen LogP contribution is -2.66. The van der Waals surface area contributed by atoms with Gasteiger partial charge in [0.25, 0.3) is 0 Å². The van der Waals surface area contributed by atoms with Crippen LogP contribution in [-0.2, 0) is 9.53 Å². The van der Waals surface area contributed by atoms with Crippen molar-refractivity contribution in [3.8, 4) is 0 Å². The fraction of sp³-hybridized carbons (Fsp3) is 0.727. The molecule has 24 heavy (non-hydrogen) atoms. The van der Waals surface area contributed by atoms with Crippen LogP contribution in [0.15, 0.2) is 12.7 Å². The van der Waals surface area contributed by atoms with Gasteiger partial charge in [-0.15, -0.1) is 0 Å². The van der Waals surface area contributed by atoms with Crippen LogP contribution in [0.4, 0.5) is 48.3 Å². The van der Waals surface area contributed by atoms with E-state index >= 15 is 0 Å². The van der Waals surface area contributed by atoms with Crippen molar-refractivity contribution >= 4 is 5.97 Å². The molecule has 13 heteroatoms. The summed E-state index contributed by atoms with van der Waals surface area (Å²) in [7, 11) is 0. The van der Waals surface area contributed by atoms with E-state index in [0.29, 0.717) is 6.08 Å². The van der Waals surface area contributed by atoms with Gasteiger partial charge in [-0.05, 0) is 6.42 Å². The van der Waals surface area contributed by atoms with E-state index in [1.54, 1.807) is 0 Å². The van der Waals surface area contributed by atoms with E-state index in [0.717, 1.165) is 0 Å². The zero-order valence-corrected chi connectivity index (χ0v) is 11.4. The molecule has 0 rings (SSSR count). The van der Waals surface area contributed by atoms with Crippen LogP contribution in [0.5, 0.6) is 0 Å². The Balaban J connectivity index is 5.31. The topological polar surface area (TPSA) is 26.3 Å². The van der Waals surface area contributed by atoms with E-state index in [9.17, 15) is 53.1 Å². The molecule has 0 N–H and O–H groups in total. The van der Waals surface area contributed by atoms with Crippen LogP contribution in [0.1, 0.15) is 12.8 Å². The Morgan fingerprint density at radius 3 is 1.67 bits per heavy atom. The molecule has 0 saturated carbocycles. The molecule has 2 nitrogen and oxygen atoms in total. The molecule has 0 amide bonds. The SMILES string of the molecule is C=CC(=O)OCCCC(F)(F)C(F)(F)C(F)(F)C(F)(F)C(F)(F)F. The maximum Gasteiger partial charge on any atom is 0.460 e. The van der Waals surface area contributed by atoms with E-state index in [2.05, 4.69) is 11.3 Å². The summed E-state index contributed by atoms with van der Waals surface area (Å²) in [6.07, 6.45) is -10.1. The van der Waals surface area contributed by atoms with E-state index in [1.165, 1.54) is 0 Å². The summed E-state index contributed by atoms with van der Waals surface area (Å²) in [5, 5.41) is 0. The fourth-order valence-electron chi connectivity index (χ4n) is 1.29. The van der Waals surface area contributed by atoms with Gasteiger partial charge in [-0.25, -0.2) is 4.79 Å². The van der Waals surface area contributed by atoms with Gasteiger partial charge in [-0.2, -0.15) is 48.3 Å². The zero-order chi connectivity index (χ0) is 19.6. The summed E-state index contributed by atoms with van der Waals surface area (Å²) < 4.78 is 143. The molecule has 0 saturated heterocycles. The normalized spacial score (nSPS) is 14.5. The van der Waals surface area contributed by atoms with Crippen LogP contribution >= 0.6 is 0 Å². The van der Waals surface area contributed by atoms with Gasteiger partial charge in [0.05, 0.1) is 6.61 Å². The average Bonchev–Trinajstić information content (AvgIpc) is 2.41. The summed E-state index contributed by atoms with van der Waals surface area (Å²) in [5.74, 6) is -29.0. The van der Waals surface area contributed by atoms with Crippen molar-refractivity contribution in [2.75, 3.05) is 6.61 Å². The summed E-state index contributed by atoms with van der Waals surface area (Å²) >= 11 is 0. The van der Waals surface area contributed by atoms with E-state index < -0.39 is 55.3 Å². The summed E-state index contributed by atoms with van der Waals surface area (Å²) in [4.78, 5) is 10.5. The van der Waals surface area contributed by atoms with Gasteiger partial charge in [0.2, 0.25) is 0 Å². The number of hydrogen-bond donors (Lipinski definition) is 0. The number of esters is 1. The summed E-state index contributed by atoms with van der Waals surface area (Å²) in [6.45, 7) is 1.88. The van der Waals surface area contributed by atoms with E-state index in [-0.39, 0.29) is 0 Å². The predicted octanol–water partition coefficient (Wildman–Crippen LogP) is 4.60. The van der Waals surface area contributed by atoms with Gasteiger partial charge in [0.15, 0.2) is 0 Å². The maximum atomic E-state index is 13.1. The third-order valence-electron chi connectivity index (χ3n) is 2.65. The number of halogens is 11. The van der Waals surface area contributed by atoms with Gasteiger partial charge in [0, 0.05) is 12.5 Å². The molecular formula is C11H9F11O2. The third-order valence-corrected chi connectivity index (χ3v) is 2.65. The number of alkyl halides is 11. The molecule has 0 fully saturated rings. The molecule has 0 unspecified atom stereocenters. The first-order valence-corrected chi connectivity index (χ1v) is 5.83. The lowest BCUT2D eigenvalue weighted by atomic mass is 9.95. The highest BCUT2D eigenvalue weighted by Crippen LogP contribution is 2.58. The average molecular weight is 382 g/mol. The van der Waals surface area contributed by atoms with Crippen LogP contribution in [0.25, 0.3) is 0 Å². The number of hydrogen-bond acceptors (Lipinski definition) is 2. The van der Waals surface area contributed by atoms with Gasteiger partial charge in [-0.1, -0.05) is 6.58 Å². The van der Waals surface area contributed by atoms with Crippen molar-refractivity contribution in [2.24, 2.45) is 0 Å². The van der Waals surface area contributed by atoms with Crippen molar-refractivity contribution < 1.29 is 57.8 Å². The molecule has 0 aliphatic carbocycles. The third kappa shape index (κ3) is 3.91. The van der Waals surface area contributed by atoms with Crippen LogP contribution in [-0.4, -0.2) is 42.4 Å². The Morgan fingerprint density at radius 2 is 1.29 bits per heavy atom.